The van der Waals surface area contributed by atoms with Gasteiger partial charge in [-0.15, -0.1) is 11.3 Å². The van der Waals surface area contributed by atoms with Gasteiger partial charge in [-0.2, -0.15) is 0 Å². The monoisotopic (exact) mass is 871 g/mol. The van der Waals surface area contributed by atoms with Gasteiger partial charge < -0.3 is 18.7 Å². The van der Waals surface area contributed by atoms with Crippen molar-refractivity contribution >= 4 is 127 Å². The van der Waals surface area contributed by atoms with Gasteiger partial charge in [-0.1, -0.05) is 121 Å². The van der Waals surface area contributed by atoms with Gasteiger partial charge in [0.2, 0.25) is 0 Å². The summed E-state index contributed by atoms with van der Waals surface area (Å²) in [4.78, 5) is 0. The van der Waals surface area contributed by atoms with Crippen LogP contribution in [0.1, 0.15) is 78.0 Å². The number of furan rings is 2. The van der Waals surface area contributed by atoms with Crippen molar-refractivity contribution in [1.29, 1.82) is 0 Å². The first-order chi connectivity index (χ1) is 31.8. The van der Waals surface area contributed by atoms with E-state index < -0.39 is 0 Å². The largest absolute Gasteiger partial charge is 0.456 e. The fourth-order valence-corrected chi connectivity index (χ4v) is 12.8. The lowest BCUT2D eigenvalue weighted by Crippen LogP contribution is -2.37. The summed E-state index contributed by atoms with van der Waals surface area (Å²) in [5.41, 5.74) is 18.4. The molecule has 0 atom stereocenters. The molecule has 1 radical (unpaired) electrons. The van der Waals surface area contributed by atoms with Gasteiger partial charge in [0.05, 0.1) is 11.2 Å². The second-order valence-electron chi connectivity index (χ2n) is 21.4. The molecule has 0 bridgehead atoms. The topological polar surface area (TPSA) is 43.2 Å². The van der Waals surface area contributed by atoms with Crippen LogP contribution in [0.15, 0.2) is 142 Å². The van der Waals surface area contributed by atoms with Gasteiger partial charge in [-0.05, 0) is 123 Å². The molecule has 2 aliphatic rings. The molecule has 0 fully saturated rings. The molecule has 0 unspecified atom stereocenters. The molecule has 1 N–H and O–H groups in total. The highest BCUT2D eigenvalue weighted by Gasteiger charge is 2.38. The van der Waals surface area contributed by atoms with Crippen LogP contribution in [-0.2, 0) is 16.2 Å². The van der Waals surface area contributed by atoms with Crippen LogP contribution in [0.5, 0.6) is 0 Å². The fourth-order valence-electron chi connectivity index (χ4n) is 11.7. The molecule has 0 amide bonds. The van der Waals surface area contributed by atoms with Crippen molar-refractivity contribution in [2.45, 2.75) is 77.6 Å². The minimum atomic E-state index is 0.0526. The maximum atomic E-state index is 6.93. The van der Waals surface area contributed by atoms with Crippen molar-refractivity contribution in [3.63, 3.8) is 0 Å². The van der Waals surface area contributed by atoms with Crippen molar-refractivity contribution in [3.8, 4) is 16.8 Å². The lowest BCUT2D eigenvalue weighted by Gasteiger charge is -2.41. The molecule has 8 aromatic carbocycles. The normalized spacial score (nSPS) is 15.4. The van der Waals surface area contributed by atoms with Gasteiger partial charge >= 0.3 is 0 Å². The molecule has 0 saturated heterocycles. The summed E-state index contributed by atoms with van der Waals surface area (Å²) < 4.78 is 18.6. The van der Waals surface area contributed by atoms with E-state index in [1.165, 1.54) is 91.6 Å². The van der Waals surface area contributed by atoms with Crippen molar-refractivity contribution < 1.29 is 8.83 Å². The van der Waals surface area contributed by atoms with Crippen LogP contribution in [0.2, 0.25) is 0 Å². The van der Waals surface area contributed by atoms with Crippen LogP contribution in [-0.4, -0.2) is 11.8 Å². The average molecular weight is 872 g/mol. The summed E-state index contributed by atoms with van der Waals surface area (Å²) in [5.74, 6) is 0. The van der Waals surface area contributed by atoms with Crippen LogP contribution in [0.4, 0.5) is 11.4 Å². The third-order valence-corrected chi connectivity index (χ3v) is 16.6. The molecule has 14 rings (SSSR count). The Morgan fingerprint density at radius 3 is 2.09 bits per heavy atom. The van der Waals surface area contributed by atoms with Gasteiger partial charge in [-0.25, -0.2) is 0 Å². The maximum Gasteiger partial charge on any atom is 0.197 e. The Labute approximate surface area is 388 Å². The number of nitrogens with one attached hydrogen (secondary N) is 1. The molecule has 1 aliphatic heterocycles. The molecular weight excluding hydrogens is 824 g/mol. The van der Waals surface area contributed by atoms with E-state index in [0.717, 1.165) is 62.9 Å². The lowest BCUT2D eigenvalue weighted by atomic mass is 9.59. The van der Waals surface area contributed by atoms with Crippen LogP contribution in [0.25, 0.3) is 103 Å². The number of thiophene rings is 1. The van der Waals surface area contributed by atoms with Gasteiger partial charge in [0, 0.05) is 75.6 Å². The van der Waals surface area contributed by atoms with Crippen LogP contribution in [0, 0.1) is 0 Å². The molecule has 12 aromatic rings. The number of fused-ring (bicyclic) bond motifs is 16. The molecule has 4 aromatic heterocycles. The zero-order chi connectivity index (χ0) is 44.6. The molecule has 5 heterocycles. The Balaban J connectivity index is 1.08. The third-order valence-electron chi connectivity index (χ3n) is 15.4. The molecular formula is C60H48BN2O2S. The first-order valence-corrected chi connectivity index (χ1v) is 24.3. The highest BCUT2D eigenvalue weighted by molar-refractivity contribution is 7.25. The Bertz CT molecular complexity index is 4090. The lowest BCUT2D eigenvalue weighted by molar-refractivity contribution is 0.332. The summed E-state index contributed by atoms with van der Waals surface area (Å²) in [5, 5.41) is 13.6. The second kappa shape index (κ2) is 13.0. The number of aromatic nitrogens is 1. The summed E-state index contributed by atoms with van der Waals surface area (Å²) >= 11 is 1.88. The quantitative estimate of drug-likeness (QED) is 0.180. The Kier molecular flexibility index (Phi) is 7.58. The second-order valence-corrected chi connectivity index (χ2v) is 22.5. The molecule has 6 heteroatoms. The molecule has 0 spiro atoms. The molecule has 4 nitrogen and oxygen atoms in total. The third kappa shape index (κ3) is 5.33. The predicted molar refractivity (Wildman–Crippen MR) is 282 cm³/mol. The fraction of sp³-hybridized carbons (Fsp3) is 0.200. The highest BCUT2D eigenvalue weighted by Crippen LogP contribution is 2.50. The van der Waals surface area contributed by atoms with E-state index in [-0.39, 0.29) is 16.2 Å². The average Bonchev–Trinajstić information content (AvgIpc) is 4.05. The van der Waals surface area contributed by atoms with E-state index in [0.29, 0.717) is 0 Å². The van der Waals surface area contributed by atoms with Crippen molar-refractivity contribution in [2.24, 2.45) is 0 Å². The number of nitrogens with zero attached hydrogens (tertiary/aromatic N) is 1. The zero-order valence-electron chi connectivity index (χ0n) is 38.4. The smallest absolute Gasteiger partial charge is 0.197 e. The first-order valence-electron chi connectivity index (χ1n) is 23.4. The zero-order valence-corrected chi connectivity index (χ0v) is 39.2. The number of anilines is 2. The number of hydrogen-bond donors (Lipinski definition) is 1. The Morgan fingerprint density at radius 2 is 1.29 bits per heavy atom. The summed E-state index contributed by atoms with van der Waals surface area (Å²) in [6.07, 6.45) is 2.31. The van der Waals surface area contributed by atoms with Gasteiger partial charge in [0.1, 0.15) is 22.3 Å². The van der Waals surface area contributed by atoms with Crippen LogP contribution >= 0.6 is 11.3 Å². The standard InChI is InChI=1S/C60H48BN2O2S/c1-58(2,3)32-16-18-33(19-17-32)62-45-30-51-39(40-27-42-43(29-50(40)65-51)60(6,7)25-24-59(42,4)5)26-38(45)35-20-21-37-54-46(22-23-49-55(54)36-13-8-10-14-48(36)64-49)63-47-31-53-41(28-44(47)61-56(35)57(37)63)34-12-9-11-15-52(34)66-53/h8-23,26-31,62H,24-25H2,1-7H3. The summed E-state index contributed by atoms with van der Waals surface area (Å²) in [7, 11) is 2.46. The van der Waals surface area contributed by atoms with E-state index >= 15 is 0 Å². The van der Waals surface area contributed by atoms with E-state index in [4.69, 9.17) is 8.83 Å². The van der Waals surface area contributed by atoms with Gasteiger partial charge in [0.15, 0.2) is 7.28 Å². The molecule has 319 valence electrons. The molecule has 0 saturated carbocycles. The van der Waals surface area contributed by atoms with Gasteiger partial charge in [-0.3, -0.25) is 0 Å². The van der Waals surface area contributed by atoms with E-state index in [9.17, 15) is 0 Å². The molecule has 1 aliphatic carbocycles. The van der Waals surface area contributed by atoms with Crippen LogP contribution in [0.3, 0.4) is 0 Å². The number of benzene rings is 8. The minimum Gasteiger partial charge on any atom is -0.456 e. The van der Waals surface area contributed by atoms with Gasteiger partial charge in [0.25, 0.3) is 0 Å². The van der Waals surface area contributed by atoms with Crippen LogP contribution < -0.4 is 16.2 Å². The Hall–Kier alpha value is -6.76. The van der Waals surface area contributed by atoms with Crippen molar-refractivity contribution in [2.75, 3.05) is 5.32 Å². The SMILES string of the molecule is CC(C)(C)c1ccc(Nc2cc3oc4cc5c(cc4c3cc2-c2ccc3c4c6c(ccc4n4c3c2[B]c2cc3c(cc2-4)sc2ccccc23)oc2ccccc26)C(C)(C)CCC5(C)C)cc1. The Morgan fingerprint density at radius 1 is 0.576 bits per heavy atom. The minimum absolute atomic E-state index is 0.0526. The number of para-hydroxylation sites is 1. The highest BCUT2D eigenvalue weighted by atomic mass is 32.1. The summed E-state index contributed by atoms with van der Waals surface area (Å²) in [6, 6.07) is 49.8. The number of rotatable bonds is 3. The van der Waals surface area contributed by atoms with E-state index in [1.54, 1.807) is 0 Å². The number of hydrogen-bond acceptors (Lipinski definition) is 4. The van der Waals surface area contributed by atoms with E-state index in [1.807, 2.05) is 11.3 Å². The summed E-state index contributed by atoms with van der Waals surface area (Å²) in [6.45, 7) is 16.4. The predicted octanol–water partition coefficient (Wildman–Crippen LogP) is 16.0. The van der Waals surface area contributed by atoms with E-state index in [2.05, 4.69) is 199 Å². The maximum absolute atomic E-state index is 6.93. The molecule has 66 heavy (non-hydrogen) atoms. The van der Waals surface area contributed by atoms with Crippen molar-refractivity contribution in [1.82, 2.24) is 4.57 Å². The first kappa shape index (κ1) is 38.5. The van der Waals surface area contributed by atoms with Crippen molar-refractivity contribution in [3.05, 3.63) is 150 Å².